The van der Waals surface area contributed by atoms with Crippen molar-refractivity contribution in [3.8, 4) is 0 Å². The van der Waals surface area contributed by atoms with Gasteiger partial charge in [-0.3, -0.25) is 14.2 Å². The minimum absolute atomic E-state index is 0.0306. The average Bonchev–Trinajstić information content (AvgIpc) is 3.41. The number of allylic oxidation sites excluding steroid dienone is 10. The van der Waals surface area contributed by atoms with Gasteiger partial charge in [0.25, 0.3) is 7.82 Å². The van der Waals surface area contributed by atoms with Crippen LogP contribution in [0.4, 0.5) is 0 Å². The Hall–Kier alpha value is -2.29. The lowest BCUT2D eigenvalue weighted by atomic mass is 10.0. The molecule has 0 fully saturated rings. The van der Waals surface area contributed by atoms with Gasteiger partial charge in [-0.2, -0.15) is 0 Å². The van der Waals surface area contributed by atoms with E-state index in [-0.39, 0.29) is 32.0 Å². The van der Waals surface area contributed by atoms with Crippen LogP contribution in [0.3, 0.4) is 0 Å². The quantitative estimate of drug-likeness (QED) is 0.0195. The van der Waals surface area contributed by atoms with Crippen LogP contribution >= 0.6 is 7.82 Å². The maximum atomic E-state index is 12.8. The lowest BCUT2D eigenvalue weighted by Gasteiger charge is -2.28. The molecule has 0 heterocycles. The van der Waals surface area contributed by atoms with Gasteiger partial charge in [0.15, 0.2) is 6.10 Å². The number of phosphoric acid groups is 1. The highest BCUT2D eigenvalue weighted by Gasteiger charge is 2.22. The third-order valence-electron chi connectivity index (χ3n) is 14.5. The Bertz CT molecular complexity index is 1500. The number of rotatable bonds is 61. The lowest BCUT2D eigenvalue weighted by molar-refractivity contribution is -0.870. The minimum Gasteiger partial charge on any atom is -0.756 e. The molecule has 0 aliphatic rings. The Morgan fingerprint density at radius 2 is 0.731 bits per heavy atom. The maximum absolute atomic E-state index is 12.8. The van der Waals surface area contributed by atoms with Gasteiger partial charge >= 0.3 is 11.9 Å². The normalized spacial score (nSPS) is 13.6. The second-order valence-corrected chi connectivity index (χ2v) is 24.9. The summed E-state index contributed by atoms with van der Waals surface area (Å²) in [5, 5.41) is 0. The highest BCUT2D eigenvalue weighted by atomic mass is 31.2. The SMILES string of the molecule is CC/C=C\C/C=C\C/C=C\C/C=C\CCCCCCCCCCCCCCCCCCCCCCCCCCCCC(=O)OC(COC(=O)CCCCCCC/C=C\CCCCCCCC)COP(=O)([O-])OCC[N+](C)(C)C. The number of phosphoric ester groups is 1. The monoisotopic (exact) mass is 1120 g/mol. The number of carbonyl (C=O) groups is 2. The summed E-state index contributed by atoms with van der Waals surface area (Å²) < 4.78 is 34.2. The number of quaternary nitrogens is 1. The molecule has 0 bridgehead atoms. The van der Waals surface area contributed by atoms with E-state index in [0.717, 1.165) is 77.0 Å². The number of carbonyl (C=O) groups excluding carboxylic acids is 2. The fourth-order valence-corrected chi connectivity index (χ4v) is 10.2. The van der Waals surface area contributed by atoms with Gasteiger partial charge in [-0.15, -0.1) is 0 Å². The smallest absolute Gasteiger partial charge is 0.306 e. The Kier molecular flexibility index (Phi) is 57.6. The third kappa shape index (κ3) is 62.9. The van der Waals surface area contributed by atoms with Crippen LogP contribution in [0.2, 0.25) is 0 Å². The number of esters is 2. The van der Waals surface area contributed by atoms with Crippen LogP contribution in [0.1, 0.15) is 309 Å². The Morgan fingerprint density at radius 1 is 0.410 bits per heavy atom. The van der Waals surface area contributed by atoms with Crippen LogP contribution in [-0.2, 0) is 32.7 Å². The zero-order valence-corrected chi connectivity index (χ0v) is 52.8. The predicted octanol–water partition coefficient (Wildman–Crippen LogP) is 20.4. The molecule has 0 radical (unpaired) electrons. The summed E-state index contributed by atoms with van der Waals surface area (Å²) in [5.74, 6) is -0.830. The molecule has 0 aliphatic heterocycles. The van der Waals surface area contributed by atoms with Crippen molar-refractivity contribution in [2.24, 2.45) is 0 Å². The van der Waals surface area contributed by atoms with E-state index in [0.29, 0.717) is 17.4 Å². The van der Waals surface area contributed by atoms with E-state index in [1.165, 1.54) is 199 Å². The number of nitrogens with zero attached hydrogens (tertiary/aromatic N) is 1. The molecule has 0 aromatic carbocycles. The van der Waals surface area contributed by atoms with Gasteiger partial charge in [0, 0.05) is 12.8 Å². The van der Waals surface area contributed by atoms with Gasteiger partial charge in [-0.25, -0.2) is 0 Å². The molecule has 456 valence electrons. The van der Waals surface area contributed by atoms with Gasteiger partial charge < -0.3 is 27.9 Å². The van der Waals surface area contributed by atoms with E-state index in [4.69, 9.17) is 18.5 Å². The molecule has 2 unspecified atom stereocenters. The molecule has 0 amide bonds. The van der Waals surface area contributed by atoms with Crippen LogP contribution in [0.25, 0.3) is 0 Å². The molecule has 0 N–H and O–H groups in total. The van der Waals surface area contributed by atoms with E-state index < -0.39 is 26.5 Å². The predicted molar refractivity (Wildman–Crippen MR) is 333 cm³/mol. The standard InChI is InChI=1S/C68H126NO8P/c1-6-8-10-12-14-16-18-20-22-23-24-25-26-27-28-29-30-31-32-33-34-35-36-37-38-39-40-41-42-43-44-45-47-49-51-53-55-57-59-61-68(71)77-66(65-76-78(72,73)75-63-62-69(3,4)5)64-74-67(70)60-58-56-54-52-50-48-46-21-19-17-15-13-11-9-7-2/h8,10,14,16,20-22,24-25,46,66H,6-7,9,11-13,15,17-19,23,26-45,47-65H2,1-5H3/b10-8-,16-14-,22-20-,25-24-,46-21-. The average molecular weight is 1120 g/mol. The topological polar surface area (TPSA) is 111 Å². The molecule has 0 saturated carbocycles. The van der Waals surface area contributed by atoms with Crippen molar-refractivity contribution in [3.05, 3.63) is 60.8 Å². The zero-order chi connectivity index (χ0) is 57.0. The number of ether oxygens (including phenoxy) is 2. The molecule has 0 aromatic rings. The Balaban J connectivity index is 3.90. The Labute approximate surface area is 483 Å². The summed E-state index contributed by atoms with van der Waals surface area (Å²) in [6, 6.07) is 0. The fraction of sp³-hybridized carbons (Fsp3) is 0.824. The summed E-state index contributed by atoms with van der Waals surface area (Å²) in [6.07, 6.45) is 77.4. The highest BCUT2D eigenvalue weighted by molar-refractivity contribution is 7.45. The number of unbranched alkanes of at least 4 members (excludes halogenated alkanes) is 37. The summed E-state index contributed by atoms with van der Waals surface area (Å²) in [5.41, 5.74) is 0. The minimum atomic E-state index is -4.64. The van der Waals surface area contributed by atoms with E-state index in [1.807, 2.05) is 21.1 Å². The van der Waals surface area contributed by atoms with Crippen molar-refractivity contribution < 1.29 is 42.1 Å². The number of hydrogen-bond acceptors (Lipinski definition) is 8. The van der Waals surface area contributed by atoms with Gasteiger partial charge in [0.2, 0.25) is 0 Å². The van der Waals surface area contributed by atoms with Crippen LogP contribution in [0, 0.1) is 0 Å². The lowest BCUT2D eigenvalue weighted by Crippen LogP contribution is -2.37. The van der Waals surface area contributed by atoms with Gasteiger partial charge in [-0.1, -0.05) is 280 Å². The number of hydrogen-bond donors (Lipinski definition) is 0. The molecule has 9 nitrogen and oxygen atoms in total. The molecule has 0 saturated heterocycles. The van der Waals surface area contributed by atoms with Crippen molar-refractivity contribution in [1.82, 2.24) is 0 Å². The van der Waals surface area contributed by atoms with Gasteiger partial charge in [0.1, 0.15) is 19.8 Å². The molecular weight excluding hydrogens is 990 g/mol. The Morgan fingerprint density at radius 3 is 1.10 bits per heavy atom. The van der Waals surface area contributed by atoms with Crippen molar-refractivity contribution in [3.63, 3.8) is 0 Å². The molecule has 10 heteroatoms. The van der Waals surface area contributed by atoms with Crippen molar-refractivity contribution in [2.45, 2.75) is 315 Å². The van der Waals surface area contributed by atoms with Crippen molar-refractivity contribution in [1.29, 1.82) is 0 Å². The summed E-state index contributed by atoms with van der Waals surface area (Å²) in [7, 11) is 1.17. The van der Waals surface area contributed by atoms with Crippen molar-refractivity contribution >= 4 is 19.8 Å². The molecule has 0 aliphatic carbocycles. The molecule has 2 atom stereocenters. The van der Waals surface area contributed by atoms with Crippen LogP contribution in [-0.4, -0.2) is 70.0 Å². The van der Waals surface area contributed by atoms with Gasteiger partial charge in [-0.05, 0) is 77.0 Å². The van der Waals surface area contributed by atoms with E-state index >= 15 is 0 Å². The first-order valence-electron chi connectivity index (χ1n) is 33.0. The first kappa shape index (κ1) is 75.7. The molecular formula is C68H126NO8P. The largest absolute Gasteiger partial charge is 0.756 e. The summed E-state index contributed by atoms with van der Waals surface area (Å²) >= 11 is 0. The van der Waals surface area contributed by atoms with Crippen LogP contribution in [0.15, 0.2) is 60.8 Å². The molecule has 0 spiro atoms. The third-order valence-corrected chi connectivity index (χ3v) is 15.5. The molecule has 78 heavy (non-hydrogen) atoms. The second kappa shape index (κ2) is 59.3. The fourth-order valence-electron chi connectivity index (χ4n) is 9.47. The maximum Gasteiger partial charge on any atom is 0.306 e. The molecule has 0 aromatic heterocycles. The van der Waals surface area contributed by atoms with E-state index in [9.17, 15) is 19.0 Å². The number of likely N-dealkylation sites (N-methyl/N-ethyl adjacent to an activating group) is 1. The van der Waals surface area contributed by atoms with Crippen LogP contribution in [0.5, 0.6) is 0 Å². The second-order valence-electron chi connectivity index (χ2n) is 23.5. The van der Waals surface area contributed by atoms with Crippen LogP contribution < -0.4 is 4.89 Å². The summed E-state index contributed by atoms with van der Waals surface area (Å²) in [4.78, 5) is 37.9. The first-order chi connectivity index (χ1) is 38.0. The van der Waals surface area contributed by atoms with Gasteiger partial charge in [0.05, 0.1) is 27.7 Å². The highest BCUT2D eigenvalue weighted by Crippen LogP contribution is 2.38. The summed E-state index contributed by atoms with van der Waals surface area (Å²) in [6.45, 7) is 4.15. The van der Waals surface area contributed by atoms with E-state index in [1.54, 1.807) is 0 Å². The first-order valence-corrected chi connectivity index (χ1v) is 34.5. The zero-order valence-electron chi connectivity index (χ0n) is 51.9. The molecule has 0 rings (SSSR count). The van der Waals surface area contributed by atoms with E-state index in [2.05, 4.69) is 74.6 Å². The van der Waals surface area contributed by atoms with Crippen molar-refractivity contribution in [2.75, 3.05) is 47.5 Å².